The maximum atomic E-state index is 12.0. The number of amides is 1. The molecule has 2 atom stereocenters. The van der Waals surface area contributed by atoms with Gasteiger partial charge in [0.2, 0.25) is 5.91 Å². The van der Waals surface area contributed by atoms with Crippen molar-refractivity contribution in [1.29, 1.82) is 0 Å². The van der Waals surface area contributed by atoms with Gasteiger partial charge in [0.1, 0.15) is 11.6 Å². The van der Waals surface area contributed by atoms with Crippen LogP contribution in [0.5, 0.6) is 0 Å². The third-order valence-corrected chi connectivity index (χ3v) is 4.21. The van der Waals surface area contributed by atoms with E-state index in [1.165, 1.54) is 0 Å². The molecule has 7 nitrogen and oxygen atoms in total. The van der Waals surface area contributed by atoms with Gasteiger partial charge in [-0.25, -0.2) is 9.97 Å². The predicted octanol–water partition coefficient (Wildman–Crippen LogP) is 1.61. The molecule has 1 aliphatic rings. The minimum Gasteiger partial charge on any atom is -0.466 e. The third kappa shape index (κ3) is 4.91. The van der Waals surface area contributed by atoms with Gasteiger partial charge in [-0.05, 0) is 26.7 Å². The molecule has 1 fully saturated rings. The first kappa shape index (κ1) is 18.2. The third-order valence-electron chi connectivity index (χ3n) is 4.21. The van der Waals surface area contributed by atoms with Gasteiger partial charge in [-0.15, -0.1) is 0 Å². The van der Waals surface area contributed by atoms with E-state index in [0.717, 1.165) is 25.0 Å². The summed E-state index contributed by atoms with van der Waals surface area (Å²) in [4.78, 5) is 32.2. The Kier molecular flexibility index (Phi) is 6.52. The average Bonchev–Trinajstić information content (AvgIpc) is 3.00. The number of aryl methyl sites for hydroxylation is 2. The highest BCUT2D eigenvalue weighted by molar-refractivity contribution is 5.79. The predicted molar refractivity (Wildman–Crippen MR) is 90.5 cm³/mol. The molecule has 0 spiro atoms. The molecule has 132 valence electrons. The largest absolute Gasteiger partial charge is 0.466 e. The second kappa shape index (κ2) is 8.61. The fourth-order valence-electron chi connectivity index (χ4n) is 3.12. The first-order valence-electron chi connectivity index (χ1n) is 8.51. The molecule has 2 unspecified atom stereocenters. The highest BCUT2D eigenvalue weighted by Gasteiger charge is 2.32. The standard InChI is InChI=1S/C17H26N4O3/c1-4-24-16(22)9-8-12-10-15(20-11(2)19-12)21-14-7-5-6-13(14)17(23)18-3/h10,13-14H,4-9H2,1-3H3,(H,18,23)(H,19,20,21). The number of carbonyl (C=O) groups excluding carboxylic acids is 2. The minimum absolute atomic E-state index is 0.0340. The Hall–Kier alpha value is -2.18. The summed E-state index contributed by atoms with van der Waals surface area (Å²) in [5.41, 5.74) is 0.799. The van der Waals surface area contributed by atoms with E-state index in [0.29, 0.717) is 31.1 Å². The summed E-state index contributed by atoms with van der Waals surface area (Å²) in [7, 11) is 1.67. The lowest BCUT2D eigenvalue weighted by molar-refractivity contribution is -0.143. The summed E-state index contributed by atoms with van der Waals surface area (Å²) in [6, 6.07) is 1.93. The molecule has 0 radical (unpaired) electrons. The van der Waals surface area contributed by atoms with E-state index in [4.69, 9.17) is 4.74 Å². The molecule has 1 heterocycles. The highest BCUT2D eigenvalue weighted by atomic mass is 16.5. The number of rotatable bonds is 7. The first-order valence-corrected chi connectivity index (χ1v) is 8.51. The molecule has 1 amide bonds. The highest BCUT2D eigenvalue weighted by Crippen LogP contribution is 2.28. The molecule has 0 aliphatic heterocycles. The van der Waals surface area contributed by atoms with Gasteiger partial charge in [0.05, 0.1) is 18.9 Å². The lowest BCUT2D eigenvalue weighted by Gasteiger charge is -2.20. The van der Waals surface area contributed by atoms with E-state index in [9.17, 15) is 9.59 Å². The normalized spacial score (nSPS) is 19.8. The Balaban J connectivity index is 2.02. The first-order chi connectivity index (χ1) is 11.5. The maximum Gasteiger partial charge on any atom is 0.306 e. The zero-order valence-corrected chi connectivity index (χ0v) is 14.6. The summed E-state index contributed by atoms with van der Waals surface area (Å²) in [6.07, 6.45) is 3.67. The van der Waals surface area contributed by atoms with Gasteiger partial charge in [0, 0.05) is 31.3 Å². The molecule has 1 saturated carbocycles. The van der Waals surface area contributed by atoms with Crippen LogP contribution in [0.3, 0.4) is 0 Å². The lowest BCUT2D eigenvalue weighted by Crippen LogP contribution is -2.36. The van der Waals surface area contributed by atoms with Gasteiger partial charge < -0.3 is 15.4 Å². The number of aromatic nitrogens is 2. The molecule has 0 aromatic carbocycles. The molecule has 1 aromatic rings. The van der Waals surface area contributed by atoms with Crippen LogP contribution in [0.4, 0.5) is 5.82 Å². The van der Waals surface area contributed by atoms with Crippen LogP contribution in [-0.4, -0.2) is 41.5 Å². The fourth-order valence-corrected chi connectivity index (χ4v) is 3.12. The topological polar surface area (TPSA) is 93.2 Å². The number of carbonyl (C=O) groups is 2. The average molecular weight is 334 g/mol. The van der Waals surface area contributed by atoms with Gasteiger partial charge in [0.15, 0.2) is 0 Å². The van der Waals surface area contributed by atoms with Crippen LogP contribution >= 0.6 is 0 Å². The fraction of sp³-hybridized carbons (Fsp3) is 0.647. The van der Waals surface area contributed by atoms with Gasteiger partial charge >= 0.3 is 5.97 Å². The van der Waals surface area contributed by atoms with E-state index in [2.05, 4.69) is 20.6 Å². The second-order valence-electron chi connectivity index (χ2n) is 6.00. The van der Waals surface area contributed by atoms with Crippen LogP contribution in [-0.2, 0) is 20.7 Å². The van der Waals surface area contributed by atoms with Crippen LogP contribution in [0.2, 0.25) is 0 Å². The smallest absolute Gasteiger partial charge is 0.306 e. The molecule has 2 N–H and O–H groups in total. The second-order valence-corrected chi connectivity index (χ2v) is 6.00. The molecule has 1 aromatic heterocycles. The molecule has 2 rings (SSSR count). The van der Waals surface area contributed by atoms with Crippen molar-refractivity contribution in [2.24, 2.45) is 5.92 Å². The van der Waals surface area contributed by atoms with Gasteiger partial charge in [-0.3, -0.25) is 9.59 Å². The number of esters is 1. The van der Waals surface area contributed by atoms with E-state index in [-0.39, 0.29) is 23.8 Å². The molecule has 0 saturated heterocycles. The van der Waals surface area contributed by atoms with E-state index >= 15 is 0 Å². The Morgan fingerprint density at radius 2 is 2.12 bits per heavy atom. The molecular formula is C17H26N4O3. The van der Waals surface area contributed by atoms with Gasteiger partial charge in [0.25, 0.3) is 0 Å². The SMILES string of the molecule is CCOC(=O)CCc1cc(NC2CCCC2C(=O)NC)nc(C)n1. The Morgan fingerprint density at radius 3 is 2.83 bits per heavy atom. The summed E-state index contributed by atoms with van der Waals surface area (Å²) in [5, 5.41) is 6.10. The molecule has 0 bridgehead atoms. The maximum absolute atomic E-state index is 12.0. The quantitative estimate of drug-likeness (QED) is 0.736. The van der Waals surface area contributed by atoms with E-state index in [1.807, 2.05) is 13.0 Å². The van der Waals surface area contributed by atoms with Crippen molar-refractivity contribution in [3.05, 3.63) is 17.6 Å². The summed E-state index contributed by atoms with van der Waals surface area (Å²) >= 11 is 0. The Morgan fingerprint density at radius 1 is 1.33 bits per heavy atom. The molecular weight excluding hydrogens is 308 g/mol. The number of ether oxygens (including phenoxy) is 1. The summed E-state index contributed by atoms with van der Waals surface area (Å²) in [5.74, 6) is 1.17. The monoisotopic (exact) mass is 334 g/mol. The Bertz CT molecular complexity index is 591. The Labute approximate surface area is 142 Å². The molecule has 24 heavy (non-hydrogen) atoms. The number of nitrogens with zero attached hydrogens (tertiary/aromatic N) is 2. The molecule has 1 aliphatic carbocycles. The number of hydrogen-bond acceptors (Lipinski definition) is 6. The summed E-state index contributed by atoms with van der Waals surface area (Å²) in [6.45, 7) is 4.00. The van der Waals surface area contributed by atoms with Gasteiger partial charge in [-0.2, -0.15) is 0 Å². The van der Waals surface area contributed by atoms with Crippen molar-refractivity contribution in [2.75, 3.05) is 19.0 Å². The zero-order valence-electron chi connectivity index (χ0n) is 14.6. The van der Waals surface area contributed by atoms with Gasteiger partial charge in [-0.1, -0.05) is 6.42 Å². The van der Waals surface area contributed by atoms with Crippen molar-refractivity contribution in [3.8, 4) is 0 Å². The van der Waals surface area contributed by atoms with Crippen LogP contribution in [0.25, 0.3) is 0 Å². The van der Waals surface area contributed by atoms with Crippen LogP contribution in [0.15, 0.2) is 6.07 Å². The van der Waals surface area contributed by atoms with Crippen molar-refractivity contribution in [2.45, 2.75) is 52.0 Å². The minimum atomic E-state index is -0.223. The lowest BCUT2D eigenvalue weighted by atomic mass is 10.0. The number of hydrogen-bond donors (Lipinski definition) is 2. The van der Waals surface area contributed by atoms with E-state index in [1.54, 1.807) is 14.0 Å². The van der Waals surface area contributed by atoms with Crippen molar-refractivity contribution < 1.29 is 14.3 Å². The van der Waals surface area contributed by atoms with Crippen LogP contribution in [0.1, 0.15) is 44.1 Å². The van der Waals surface area contributed by atoms with Crippen molar-refractivity contribution >= 4 is 17.7 Å². The van der Waals surface area contributed by atoms with Crippen molar-refractivity contribution in [3.63, 3.8) is 0 Å². The van der Waals surface area contributed by atoms with E-state index < -0.39 is 0 Å². The number of nitrogens with one attached hydrogen (secondary N) is 2. The van der Waals surface area contributed by atoms with Crippen LogP contribution < -0.4 is 10.6 Å². The van der Waals surface area contributed by atoms with Crippen molar-refractivity contribution in [1.82, 2.24) is 15.3 Å². The van der Waals surface area contributed by atoms with Crippen LogP contribution in [0, 0.1) is 12.8 Å². The number of anilines is 1. The molecule has 7 heteroatoms. The zero-order chi connectivity index (χ0) is 17.5. The summed E-state index contributed by atoms with van der Waals surface area (Å²) < 4.78 is 4.94.